The van der Waals surface area contributed by atoms with E-state index in [1.165, 1.54) is 12.1 Å². The number of nitriles is 1. The number of fused-ring (bicyclic) bond motifs is 2. The molecule has 0 aliphatic carbocycles. The number of benzene rings is 2. The molecule has 0 radical (unpaired) electrons. The van der Waals surface area contributed by atoms with Gasteiger partial charge in [0, 0.05) is 43.3 Å². The molecule has 0 bridgehead atoms. The Hall–Kier alpha value is -3.64. The first-order valence-corrected chi connectivity index (χ1v) is 10.7. The maximum absolute atomic E-state index is 13.1. The van der Waals surface area contributed by atoms with E-state index in [4.69, 9.17) is 26.7 Å². The summed E-state index contributed by atoms with van der Waals surface area (Å²) in [5.74, 6) is 1.72. The summed E-state index contributed by atoms with van der Waals surface area (Å²) >= 11 is 5.57. The zero-order valence-electron chi connectivity index (χ0n) is 17.2. The maximum Gasteiger partial charge on any atom is 0.231 e. The Balaban J connectivity index is 1.34. The summed E-state index contributed by atoms with van der Waals surface area (Å²) < 4.78 is 24.1. The van der Waals surface area contributed by atoms with Gasteiger partial charge in [0.05, 0.1) is 11.1 Å². The smallest absolute Gasteiger partial charge is 0.231 e. The summed E-state index contributed by atoms with van der Waals surface area (Å²) in [5, 5.41) is 14.4. The number of nitrogens with one attached hydrogen (secondary N) is 1. The molecule has 1 fully saturated rings. The van der Waals surface area contributed by atoms with Gasteiger partial charge in [-0.1, -0.05) is 0 Å². The monoisotopic (exact) mass is 449 g/mol. The van der Waals surface area contributed by atoms with E-state index in [-0.39, 0.29) is 12.6 Å². The molecule has 0 amide bonds. The standard InChI is InChI=1S/C23H20FN5O2S/c24-17-2-4-18(5-3-17)26-23(32)29-7-1-6-28(8-9-29)22-16(13-25)10-15-11-20-21(31-14-30-20)12-19(15)27-22/h2-5,10-12H,1,6-9,14H2,(H,26,32). The number of thiocarbonyl (C=S) groups is 1. The molecule has 0 unspecified atom stereocenters. The number of aromatic nitrogens is 1. The Morgan fingerprint density at radius 3 is 2.62 bits per heavy atom. The lowest BCUT2D eigenvalue weighted by molar-refractivity contribution is 0.174. The van der Waals surface area contributed by atoms with Crippen LogP contribution >= 0.6 is 12.2 Å². The topological polar surface area (TPSA) is 73.7 Å². The van der Waals surface area contributed by atoms with Crippen molar-refractivity contribution in [2.45, 2.75) is 6.42 Å². The van der Waals surface area contributed by atoms with Crippen molar-refractivity contribution >= 4 is 39.7 Å². The molecular formula is C23H20FN5O2S. The second-order valence-corrected chi connectivity index (χ2v) is 8.02. The lowest BCUT2D eigenvalue weighted by Crippen LogP contribution is -2.38. The van der Waals surface area contributed by atoms with Gasteiger partial charge in [-0.05, 0) is 55.0 Å². The highest BCUT2D eigenvalue weighted by molar-refractivity contribution is 7.80. The van der Waals surface area contributed by atoms with Crippen LogP contribution < -0.4 is 19.7 Å². The van der Waals surface area contributed by atoms with Gasteiger partial charge in [-0.3, -0.25) is 0 Å². The van der Waals surface area contributed by atoms with E-state index in [1.54, 1.807) is 12.1 Å². The fourth-order valence-electron chi connectivity index (χ4n) is 3.95. The van der Waals surface area contributed by atoms with Crippen LogP contribution in [-0.4, -0.2) is 48.0 Å². The number of hydrogen-bond acceptors (Lipinski definition) is 6. The highest BCUT2D eigenvalue weighted by atomic mass is 32.1. The average molecular weight is 450 g/mol. The van der Waals surface area contributed by atoms with Crippen LogP contribution in [0.1, 0.15) is 12.0 Å². The van der Waals surface area contributed by atoms with Gasteiger partial charge in [-0.25, -0.2) is 9.37 Å². The third kappa shape index (κ3) is 3.97. The van der Waals surface area contributed by atoms with Gasteiger partial charge in [0.2, 0.25) is 6.79 Å². The molecule has 2 aromatic carbocycles. The van der Waals surface area contributed by atoms with Crippen molar-refractivity contribution < 1.29 is 13.9 Å². The van der Waals surface area contributed by atoms with Crippen LogP contribution in [0.15, 0.2) is 42.5 Å². The lowest BCUT2D eigenvalue weighted by atomic mass is 10.1. The minimum absolute atomic E-state index is 0.192. The second kappa shape index (κ2) is 8.48. The molecule has 3 heterocycles. The van der Waals surface area contributed by atoms with Crippen LogP contribution in [-0.2, 0) is 0 Å². The van der Waals surface area contributed by atoms with Crippen molar-refractivity contribution in [2.75, 3.05) is 43.2 Å². The maximum atomic E-state index is 13.1. The molecule has 1 aromatic heterocycles. The van der Waals surface area contributed by atoms with Crippen LogP contribution in [0.25, 0.3) is 10.9 Å². The van der Waals surface area contributed by atoms with Crippen LogP contribution in [0.4, 0.5) is 15.9 Å². The fraction of sp³-hybridized carbons (Fsp3) is 0.261. The van der Waals surface area contributed by atoms with E-state index in [0.717, 1.165) is 36.1 Å². The molecule has 1 saturated heterocycles. The number of pyridine rings is 1. The number of hydrogen-bond donors (Lipinski definition) is 1. The first-order chi connectivity index (χ1) is 15.6. The Labute approximate surface area is 190 Å². The summed E-state index contributed by atoms with van der Waals surface area (Å²) in [7, 11) is 0. The van der Waals surface area contributed by atoms with Crippen molar-refractivity contribution in [2.24, 2.45) is 0 Å². The third-order valence-electron chi connectivity index (χ3n) is 5.59. The molecule has 0 spiro atoms. The van der Waals surface area contributed by atoms with Gasteiger partial charge >= 0.3 is 0 Å². The van der Waals surface area contributed by atoms with Crippen molar-refractivity contribution in [1.82, 2.24) is 9.88 Å². The van der Waals surface area contributed by atoms with E-state index < -0.39 is 0 Å². The van der Waals surface area contributed by atoms with E-state index in [0.29, 0.717) is 41.1 Å². The van der Waals surface area contributed by atoms with Crippen LogP contribution in [0.5, 0.6) is 11.5 Å². The van der Waals surface area contributed by atoms with Gasteiger partial charge in [0.15, 0.2) is 16.6 Å². The Morgan fingerprint density at radius 1 is 1.06 bits per heavy atom. The number of anilines is 2. The Kier molecular flexibility index (Phi) is 5.37. The molecular weight excluding hydrogens is 429 g/mol. The molecule has 0 saturated carbocycles. The molecule has 0 atom stereocenters. The van der Waals surface area contributed by atoms with Crippen LogP contribution in [0.2, 0.25) is 0 Å². The largest absolute Gasteiger partial charge is 0.454 e. The molecule has 5 rings (SSSR count). The van der Waals surface area contributed by atoms with E-state index in [2.05, 4.69) is 21.2 Å². The number of halogens is 1. The quantitative estimate of drug-likeness (QED) is 0.591. The predicted molar refractivity (Wildman–Crippen MR) is 124 cm³/mol. The van der Waals surface area contributed by atoms with Crippen molar-refractivity contribution in [3.63, 3.8) is 0 Å². The van der Waals surface area contributed by atoms with Crippen molar-refractivity contribution in [1.29, 1.82) is 5.26 Å². The molecule has 162 valence electrons. The molecule has 3 aromatic rings. The zero-order chi connectivity index (χ0) is 22.1. The summed E-state index contributed by atoms with van der Waals surface area (Å²) in [6.07, 6.45) is 0.858. The van der Waals surface area contributed by atoms with E-state index in [9.17, 15) is 9.65 Å². The molecule has 7 nitrogen and oxygen atoms in total. The molecule has 1 N–H and O–H groups in total. The molecule has 32 heavy (non-hydrogen) atoms. The summed E-state index contributed by atoms with van der Waals surface area (Å²) in [6, 6.07) is 14.0. The van der Waals surface area contributed by atoms with Gasteiger partial charge in [-0.2, -0.15) is 5.26 Å². The van der Waals surface area contributed by atoms with Gasteiger partial charge in [0.1, 0.15) is 17.7 Å². The third-order valence-corrected chi connectivity index (χ3v) is 5.95. The predicted octanol–water partition coefficient (Wildman–Crippen LogP) is 3.88. The summed E-state index contributed by atoms with van der Waals surface area (Å²) in [6.45, 7) is 3.07. The van der Waals surface area contributed by atoms with Gasteiger partial charge in [-0.15, -0.1) is 0 Å². The Bertz CT molecular complexity index is 1230. The normalized spacial score (nSPS) is 15.4. The first kappa shape index (κ1) is 20.3. The average Bonchev–Trinajstić information content (AvgIpc) is 3.11. The number of ether oxygens (including phenoxy) is 2. The summed E-state index contributed by atoms with van der Waals surface area (Å²) in [5.41, 5.74) is 2.04. The SMILES string of the molecule is N#Cc1cc2cc3c(cc2nc1N1CCCN(C(=S)Nc2ccc(F)cc2)CC1)OCO3. The van der Waals surface area contributed by atoms with Crippen LogP contribution in [0.3, 0.4) is 0 Å². The van der Waals surface area contributed by atoms with Crippen molar-refractivity contribution in [3.05, 3.63) is 53.8 Å². The molecule has 2 aliphatic rings. The van der Waals surface area contributed by atoms with Crippen LogP contribution in [0, 0.1) is 17.1 Å². The van der Waals surface area contributed by atoms with Gasteiger partial charge in [0.25, 0.3) is 0 Å². The lowest BCUT2D eigenvalue weighted by Gasteiger charge is -2.25. The van der Waals surface area contributed by atoms with E-state index >= 15 is 0 Å². The highest BCUT2D eigenvalue weighted by Crippen LogP contribution is 2.37. The first-order valence-electron chi connectivity index (χ1n) is 10.3. The zero-order valence-corrected chi connectivity index (χ0v) is 18.0. The molecule has 9 heteroatoms. The highest BCUT2D eigenvalue weighted by Gasteiger charge is 2.22. The van der Waals surface area contributed by atoms with E-state index in [1.807, 2.05) is 18.2 Å². The Morgan fingerprint density at radius 2 is 1.84 bits per heavy atom. The van der Waals surface area contributed by atoms with Gasteiger partial charge < -0.3 is 24.6 Å². The summed E-state index contributed by atoms with van der Waals surface area (Å²) in [4.78, 5) is 9.02. The minimum Gasteiger partial charge on any atom is -0.454 e. The minimum atomic E-state index is -0.285. The number of nitrogens with zero attached hydrogens (tertiary/aromatic N) is 4. The molecule has 2 aliphatic heterocycles. The fourth-order valence-corrected chi connectivity index (χ4v) is 4.25. The number of rotatable bonds is 2. The van der Waals surface area contributed by atoms with Crippen molar-refractivity contribution in [3.8, 4) is 17.6 Å². The second-order valence-electron chi connectivity index (χ2n) is 7.63.